The third-order valence-electron chi connectivity index (χ3n) is 6.14. The Bertz CT molecular complexity index is 1460. The van der Waals surface area contributed by atoms with E-state index in [1.165, 1.54) is 12.5 Å². The Labute approximate surface area is 207 Å². The number of benzene rings is 2. The minimum Gasteiger partial charge on any atom is -0.497 e. The first-order valence-corrected chi connectivity index (χ1v) is 11.5. The van der Waals surface area contributed by atoms with Gasteiger partial charge in [0.2, 0.25) is 0 Å². The molecule has 10 nitrogen and oxygen atoms in total. The van der Waals surface area contributed by atoms with Crippen molar-refractivity contribution in [2.75, 3.05) is 36.6 Å². The van der Waals surface area contributed by atoms with Crippen LogP contribution >= 0.6 is 0 Å². The maximum atomic E-state index is 12.7. The van der Waals surface area contributed by atoms with Gasteiger partial charge in [-0.25, -0.2) is 14.8 Å². The number of nitrogens with one attached hydrogen (secondary N) is 3. The van der Waals surface area contributed by atoms with Crippen molar-refractivity contribution in [2.24, 2.45) is 0 Å². The van der Waals surface area contributed by atoms with Crippen LogP contribution in [0, 0.1) is 0 Å². The third-order valence-corrected chi connectivity index (χ3v) is 6.14. The van der Waals surface area contributed by atoms with Crippen LogP contribution in [0.2, 0.25) is 0 Å². The Balaban J connectivity index is 1.30. The quantitative estimate of drug-likeness (QED) is 0.210. The van der Waals surface area contributed by atoms with Gasteiger partial charge in [-0.1, -0.05) is 6.08 Å². The van der Waals surface area contributed by atoms with Gasteiger partial charge in [-0.3, -0.25) is 5.41 Å². The molecule has 5 rings (SSSR count). The molecule has 4 aromatic rings. The molecule has 0 radical (unpaired) electrons. The number of hydrogen-bond donors (Lipinski definition) is 5. The highest BCUT2D eigenvalue weighted by atomic mass is 16.5. The number of anilines is 4. The summed E-state index contributed by atoms with van der Waals surface area (Å²) < 4.78 is 5.16. The molecule has 0 unspecified atom stereocenters. The Morgan fingerprint density at radius 1 is 1.17 bits per heavy atom. The van der Waals surface area contributed by atoms with Crippen molar-refractivity contribution in [2.45, 2.75) is 6.42 Å². The lowest BCUT2D eigenvalue weighted by Gasteiger charge is -2.26. The lowest BCUT2D eigenvalue weighted by molar-refractivity contribution is -0.104. The second kappa shape index (κ2) is 9.79. The van der Waals surface area contributed by atoms with Gasteiger partial charge in [-0.2, -0.15) is 0 Å². The Morgan fingerprint density at radius 3 is 2.69 bits per heavy atom. The number of aromatic nitrogens is 3. The normalized spacial score (nSPS) is 13.2. The van der Waals surface area contributed by atoms with Gasteiger partial charge < -0.3 is 31.0 Å². The minimum absolute atomic E-state index is 0.137. The van der Waals surface area contributed by atoms with E-state index in [2.05, 4.69) is 31.7 Å². The van der Waals surface area contributed by atoms with Gasteiger partial charge in [0.15, 0.2) is 6.21 Å². The van der Waals surface area contributed by atoms with Gasteiger partial charge in [0.25, 0.3) is 0 Å². The molecule has 36 heavy (non-hydrogen) atoms. The molecule has 0 atom stereocenters. The molecule has 0 bridgehead atoms. The number of nitrogens with zero attached hydrogens (tertiary/aromatic N) is 3. The number of carbonyl (C=O) groups is 1. The average Bonchev–Trinajstić information content (AvgIpc) is 3.36. The Morgan fingerprint density at radius 2 is 1.97 bits per heavy atom. The van der Waals surface area contributed by atoms with Gasteiger partial charge in [0.1, 0.15) is 23.5 Å². The van der Waals surface area contributed by atoms with Crippen LogP contribution in [0.4, 0.5) is 27.7 Å². The summed E-state index contributed by atoms with van der Waals surface area (Å²) in [4.78, 5) is 26.7. The van der Waals surface area contributed by atoms with E-state index in [0.717, 1.165) is 45.0 Å². The van der Waals surface area contributed by atoms with Crippen molar-refractivity contribution in [3.8, 4) is 5.75 Å². The maximum Gasteiger partial charge on any atom is 0.322 e. The molecule has 0 spiro atoms. The number of methoxy groups -OCH3 is 1. The molecular weight excluding hydrogens is 456 g/mol. The van der Waals surface area contributed by atoms with Crippen LogP contribution in [0.3, 0.4) is 0 Å². The summed E-state index contributed by atoms with van der Waals surface area (Å²) in [6, 6.07) is 14.7. The first kappa shape index (κ1) is 22.9. The number of nitrogen functional groups attached to an aromatic ring is 1. The van der Waals surface area contributed by atoms with Gasteiger partial charge in [0, 0.05) is 35.8 Å². The zero-order chi connectivity index (χ0) is 25.1. The lowest BCUT2D eigenvalue weighted by atomic mass is 10.1. The van der Waals surface area contributed by atoms with E-state index >= 15 is 0 Å². The summed E-state index contributed by atoms with van der Waals surface area (Å²) in [5, 5.41) is 12.8. The minimum atomic E-state index is -0.137. The predicted molar refractivity (Wildman–Crippen MR) is 141 cm³/mol. The van der Waals surface area contributed by atoms with E-state index in [-0.39, 0.29) is 6.03 Å². The molecule has 2 aromatic carbocycles. The fourth-order valence-electron chi connectivity index (χ4n) is 4.12. The van der Waals surface area contributed by atoms with Crippen LogP contribution in [-0.2, 0) is 0 Å². The standard InChI is InChI=1S/C26H26N8O2/c1-36-20-5-2-18(3-6-20)32-26(35)34-10-8-16(9-11-34)23-13-21-24(29-15-30-25(21)33-23)31-19-4-7-22(28)17(12-19)14-27/h2-8,12-15,27H,9-11,28H2,1H3,(H,32,35)(H2,29,30,31,33)/p+1. The fraction of sp³-hybridized carbons (Fsp3) is 0.154. The molecule has 182 valence electrons. The molecular formula is C26H27N8O2+. The molecule has 3 heterocycles. The number of rotatable bonds is 6. The second-order valence-corrected chi connectivity index (χ2v) is 8.39. The van der Waals surface area contributed by atoms with Gasteiger partial charge in [-0.15, -0.1) is 0 Å². The van der Waals surface area contributed by atoms with Gasteiger partial charge in [-0.05, 0) is 60.5 Å². The second-order valence-electron chi connectivity index (χ2n) is 8.39. The number of urea groups is 1. The molecule has 1 aliphatic rings. The van der Waals surface area contributed by atoms with Crippen LogP contribution in [-0.4, -0.2) is 52.3 Å². The van der Waals surface area contributed by atoms with E-state index in [1.54, 1.807) is 18.1 Å². The molecule has 0 saturated heterocycles. The predicted octanol–water partition coefficient (Wildman–Crippen LogP) is 2.79. The lowest BCUT2D eigenvalue weighted by Crippen LogP contribution is -2.37. The average molecular weight is 484 g/mol. The van der Waals surface area contributed by atoms with Crippen LogP contribution < -0.4 is 26.5 Å². The highest BCUT2D eigenvalue weighted by Crippen LogP contribution is 2.30. The van der Waals surface area contributed by atoms with Crippen molar-refractivity contribution in [3.05, 3.63) is 72.2 Å². The number of carbonyl (C=O) groups excluding carboxylic acids is 1. The fourth-order valence-corrected chi connectivity index (χ4v) is 4.12. The monoisotopic (exact) mass is 483 g/mol. The molecule has 10 heteroatoms. The van der Waals surface area contributed by atoms with E-state index in [9.17, 15) is 4.79 Å². The summed E-state index contributed by atoms with van der Waals surface area (Å²) >= 11 is 0. The zero-order valence-corrected chi connectivity index (χ0v) is 19.8. The molecule has 0 aliphatic carbocycles. The summed E-state index contributed by atoms with van der Waals surface area (Å²) in [5.41, 5.74) is 11.6. The van der Waals surface area contributed by atoms with Crippen molar-refractivity contribution in [3.63, 3.8) is 0 Å². The number of ether oxygens (including phenoxy) is 1. The first-order valence-electron chi connectivity index (χ1n) is 11.5. The third kappa shape index (κ3) is 4.69. The smallest absolute Gasteiger partial charge is 0.322 e. The number of H-pyrrole nitrogens is 1. The number of aromatic amines is 1. The molecule has 2 amide bonds. The maximum absolute atomic E-state index is 12.7. The Kier molecular flexibility index (Phi) is 6.23. The van der Waals surface area contributed by atoms with Crippen molar-refractivity contribution < 1.29 is 14.9 Å². The van der Waals surface area contributed by atoms with Gasteiger partial charge >= 0.3 is 6.03 Å². The van der Waals surface area contributed by atoms with Crippen LogP contribution in [0.5, 0.6) is 5.75 Å². The largest absolute Gasteiger partial charge is 0.497 e. The molecule has 2 aromatic heterocycles. The highest BCUT2D eigenvalue weighted by Gasteiger charge is 2.20. The topological polar surface area (TPSA) is 147 Å². The first-order chi connectivity index (χ1) is 17.5. The van der Waals surface area contributed by atoms with Crippen molar-refractivity contribution in [1.82, 2.24) is 19.9 Å². The molecule has 1 aliphatic heterocycles. The van der Waals surface area contributed by atoms with E-state index < -0.39 is 0 Å². The number of fused-ring (bicyclic) bond motifs is 1. The van der Waals surface area contributed by atoms with Crippen molar-refractivity contribution >= 4 is 51.7 Å². The number of amides is 2. The van der Waals surface area contributed by atoms with E-state index in [1.807, 2.05) is 42.5 Å². The molecule has 0 saturated carbocycles. The Hall–Kier alpha value is -4.86. The molecule has 7 N–H and O–H groups in total. The summed E-state index contributed by atoms with van der Waals surface area (Å²) in [6.07, 6.45) is 5.76. The van der Waals surface area contributed by atoms with Crippen LogP contribution in [0.1, 0.15) is 17.7 Å². The highest BCUT2D eigenvalue weighted by molar-refractivity contribution is 5.94. The SMILES string of the molecule is COc1ccc(NC(=O)N2CC=C(c3cc4c(Nc5ccc(N)c(C=[NH2+])c5)ncnc4[nH]3)CC2)cc1. The van der Waals surface area contributed by atoms with E-state index in [0.29, 0.717) is 31.0 Å². The van der Waals surface area contributed by atoms with Crippen LogP contribution in [0.25, 0.3) is 16.6 Å². The zero-order valence-electron chi connectivity index (χ0n) is 19.8. The number of hydrogen-bond acceptors (Lipinski definition) is 6. The summed E-state index contributed by atoms with van der Waals surface area (Å²) in [7, 11) is 1.61. The molecule has 0 fully saturated rings. The van der Waals surface area contributed by atoms with Crippen molar-refractivity contribution in [1.29, 1.82) is 0 Å². The van der Waals surface area contributed by atoms with Gasteiger partial charge in [0.05, 0.1) is 18.1 Å². The number of nitrogens with two attached hydrogens (primary N) is 2. The van der Waals surface area contributed by atoms with Crippen LogP contribution in [0.15, 0.2) is 60.9 Å². The van der Waals surface area contributed by atoms with E-state index in [4.69, 9.17) is 15.9 Å². The summed E-state index contributed by atoms with van der Waals surface area (Å²) in [6.45, 7) is 1.11. The summed E-state index contributed by atoms with van der Waals surface area (Å²) in [5.74, 6) is 1.42.